The van der Waals surface area contributed by atoms with E-state index in [1.165, 1.54) is 69.0 Å². The predicted octanol–water partition coefficient (Wildman–Crippen LogP) is 5.62. The Labute approximate surface area is 183 Å². The summed E-state index contributed by atoms with van der Waals surface area (Å²) in [5.41, 5.74) is 0. The zero-order valence-electron chi connectivity index (χ0n) is 18.7. The van der Waals surface area contributed by atoms with Gasteiger partial charge in [0, 0.05) is 0 Å². The van der Waals surface area contributed by atoms with Crippen LogP contribution in [0.15, 0.2) is 18.2 Å². The summed E-state index contributed by atoms with van der Waals surface area (Å²) in [5.74, 6) is 4.98. The Hall–Kier alpha value is -1.10. The smallest absolute Gasteiger partial charge is 0.161 e. The number of ether oxygens (including phenoxy) is 2. The van der Waals surface area contributed by atoms with Gasteiger partial charge in [-0.05, 0) is 60.6 Å². The highest BCUT2D eigenvalue weighted by molar-refractivity contribution is 6.54. The Morgan fingerprint density at radius 3 is 2.03 bits per heavy atom. The molecular formula is C25H40F2O2Si. The van der Waals surface area contributed by atoms with E-state index in [0.717, 1.165) is 23.7 Å². The van der Waals surface area contributed by atoms with E-state index in [-0.39, 0.29) is 13.2 Å². The van der Waals surface area contributed by atoms with E-state index in [9.17, 15) is 8.78 Å². The molecule has 0 aliphatic heterocycles. The van der Waals surface area contributed by atoms with Crippen LogP contribution in [0.25, 0.3) is 0 Å². The summed E-state index contributed by atoms with van der Waals surface area (Å²) in [7, 11) is -0.529. The minimum absolute atomic E-state index is 0.0151. The first kappa shape index (κ1) is 23.6. The molecule has 2 aliphatic rings. The van der Waals surface area contributed by atoms with Gasteiger partial charge in [-0.15, -0.1) is 0 Å². The number of alkyl halides is 2. The van der Waals surface area contributed by atoms with Crippen molar-refractivity contribution in [1.29, 1.82) is 0 Å². The fourth-order valence-corrected chi connectivity index (χ4v) is 7.80. The third-order valence-electron chi connectivity index (χ3n) is 7.57. The third-order valence-corrected chi connectivity index (χ3v) is 9.77. The van der Waals surface area contributed by atoms with Gasteiger partial charge in [0.1, 0.15) is 26.6 Å². The molecule has 30 heavy (non-hydrogen) atoms. The molecule has 2 aliphatic carbocycles. The first-order valence-electron chi connectivity index (χ1n) is 12.2. The van der Waals surface area contributed by atoms with Crippen molar-refractivity contribution < 1.29 is 18.3 Å². The lowest BCUT2D eigenvalue weighted by Gasteiger charge is -2.37. The van der Waals surface area contributed by atoms with Gasteiger partial charge in [0.05, 0.1) is 9.52 Å². The van der Waals surface area contributed by atoms with Crippen molar-refractivity contribution in [2.75, 3.05) is 26.6 Å². The van der Waals surface area contributed by atoms with Gasteiger partial charge in [0.2, 0.25) is 0 Å². The highest BCUT2D eigenvalue weighted by atomic mass is 28.2. The van der Waals surface area contributed by atoms with Crippen LogP contribution < -0.4 is 14.7 Å². The fraction of sp³-hybridized carbons (Fsp3) is 0.760. The van der Waals surface area contributed by atoms with E-state index in [0.29, 0.717) is 11.5 Å². The van der Waals surface area contributed by atoms with Crippen molar-refractivity contribution in [3.8, 4) is 11.5 Å². The SMILES string of the molecule is CCC1CCC(C2CCC(C[SiH2]c3cccc(OCCF)c3OCCF)CC2)CC1. The normalized spacial score (nSPS) is 27.4. The molecule has 0 N–H and O–H groups in total. The summed E-state index contributed by atoms with van der Waals surface area (Å²) in [6.07, 6.45) is 12.7. The van der Waals surface area contributed by atoms with Gasteiger partial charge in [-0.3, -0.25) is 0 Å². The van der Waals surface area contributed by atoms with E-state index in [4.69, 9.17) is 9.47 Å². The molecule has 1 aromatic rings. The zero-order valence-corrected chi connectivity index (χ0v) is 20.1. The maximum Gasteiger partial charge on any atom is 0.161 e. The molecule has 1 aromatic carbocycles. The molecule has 0 heterocycles. The fourth-order valence-electron chi connectivity index (χ4n) is 5.70. The number of halogens is 2. The van der Waals surface area contributed by atoms with Gasteiger partial charge in [-0.2, -0.15) is 0 Å². The topological polar surface area (TPSA) is 18.5 Å². The molecule has 0 bridgehead atoms. The summed E-state index contributed by atoms with van der Waals surface area (Å²) in [6.45, 7) is 1.33. The van der Waals surface area contributed by atoms with Crippen LogP contribution in [0.1, 0.15) is 64.7 Å². The van der Waals surface area contributed by atoms with Crippen molar-refractivity contribution in [3.63, 3.8) is 0 Å². The van der Waals surface area contributed by atoms with Crippen molar-refractivity contribution in [2.24, 2.45) is 23.7 Å². The molecule has 5 heteroatoms. The summed E-state index contributed by atoms with van der Waals surface area (Å²) < 4.78 is 36.4. The van der Waals surface area contributed by atoms with Crippen LogP contribution in [-0.4, -0.2) is 36.1 Å². The highest BCUT2D eigenvalue weighted by Crippen LogP contribution is 2.42. The molecule has 2 fully saturated rings. The Morgan fingerprint density at radius 1 is 0.833 bits per heavy atom. The van der Waals surface area contributed by atoms with Gasteiger partial charge < -0.3 is 9.47 Å². The number of hydrogen-bond acceptors (Lipinski definition) is 2. The largest absolute Gasteiger partial charge is 0.487 e. The maximum atomic E-state index is 12.7. The van der Waals surface area contributed by atoms with Gasteiger partial charge in [-0.1, -0.05) is 57.2 Å². The molecule has 0 saturated heterocycles. The average Bonchev–Trinajstić information content (AvgIpc) is 2.81. The van der Waals surface area contributed by atoms with E-state index in [1.54, 1.807) is 6.07 Å². The van der Waals surface area contributed by atoms with E-state index < -0.39 is 22.9 Å². The second kappa shape index (κ2) is 12.7. The summed E-state index contributed by atoms with van der Waals surface area (Å²) in [4.78, 5) is 0. The standard InChI is InChI=1S/C25H40F2O2Si/c1-2-19-6-10-21(11-7-19)22-12-8-20(9-13-22)18-30-24-5-3-4-23(28-16-14-26)25(24)29-17-15-27/h3-5,19-22H,2,6-18,30H2,1H3. The monoisotopic (exact) mass is 438 g/mol. The molecule has 0 atom stereocenters. The first-order valence-corrected chi connectivity index (χ1v) is 13.9. The van der Waals surface area contributed by atoms with Crippen LogP contribution in [0.3, 0.4) is 0 Å². The molecule has 0 aromatic heterocycles. The van der Waals surface area contributed by atoms with Crippen LogP contribution in [0.5, 0.6) is 11.5 Å². The molecule has 2 saturated carbocycles. The van der Waals surface area contributed by atoms with Gasteiger partial charge >= 0.3 is 0 Å². The highest BCUT2D eigenvalue weighted by Gasteiger charge is 2.30. The number of para-hydroxylation sites is 1. The van der Waals surface area contributed by atoms with Crippen molar-refractivity contribution >= 4 is 14.7 Å². The number of hydrogen-bond donors (Lipinski definition) is 0. The molecule has 2 nitrogen and oxygen atoms in total. The Balaban J connectivity index is 1.49. The third kappa shape index (κ3) is 6.70. The lowest BCUT2D eigenvalue weighted by molar-refractivity contribution is 0.149. The van der Waals surface area contributed by atoms with E-state index in [1.807, 2.05) is 6.07 Å². The minimum Gasteiger partial charge on any atom is -0.487 e. The van der Waals surface area contributed by atoms with Crippen LogP contribution in [0, 0.1) is 23.7 Å². The van der Waals surface area contributed by atoms with Crippen LogP contribution >= 0.6 is 0 Å². The van der Waals surface area contributed by atoms with Crippen LogP contribution in [0.2, 0.25) is 6.04 Å². The van der Waals surface area contributed by atoms with E-state index in [2.05, 4.69) is 13.0 Å². The van der Waals surface area contributed by atoms with Gasteiger partial charge in [-0.25, -0.2) is 8.78 Å². The van der Waals surface area contributed by atoms with Crippen LogP contribution in [-0.2, 0) is 0 Å². The number of rotatable bonds is 11. The molecule has 0 radical (unpaired) electrons. The quantitative estimate of drug-likeness (QED) is 0.418. The van der Waals surface area contributed by atoms with Crippen LogP contribution in [0.4, 0.5) is 8.78 Å². The summed E-state index contributed by atoms with van der Waals surface area (Å²) >= 11 is 0. The van der Waals surface area contributed by atoms with Gasteiger partial charge in [0.25, 0.3) is 0 Å². The predicted molar refractivity (Wildman–Crippen MR) is 124 cm³/mol. The molecule has 170 valence electrons. The maximum absolute atomic E-state index is 12.7. The zero-order chi connectivity index (χ0) is 21.2. The molecule has 0 amide bonds. The Kier molecular flexibility index (Phi) is 9.96. The first-order chi connectivity index (χ1) is 14.7. The van der Waals surface area contributed by atoms with Crippen molar-refractivity contribution in [2.45, 2.75) is 70.8 Å². The molecule has 0 unspecified atom stereocenters. The second-order valence-corrected chi connectivity index (χ2v) is 11.2. The Morgan fingerprint density at radius 2 is 1.43 bits per heavy atom. The molecule has 0 spiro atoms. The van der Waals surface area contributed by atoms with Gasteiger partial charge in [0.15, 0.2) is 11.5 Å². The Bertz CT molecular complexity index is 611. The molecular weight excluding hydrogens is 398 g/mol. The average molecular weight is 439 g/mol. The lowest BCUT2D eigenvalue weighted by atomic mass is 9.69. The summed E-state index contributed by atoms with van der Waals surface area (Å²) in [5, 5.41) is 1.19. The summed E-state index contributed by atoms with van der Waals surface area (Å²) in [6, 6.07) is 7.13. The molecule has 3 rings (SSSR count). The van der Waals surface area contributed by atoms with Crippen molar-refractivity contribution in [1.82, 2.24) is 0 Å². The lowest BCUT2D eigenvalue weighted by Crippen LogP contribution is -2.27. The van der Waals surface area contributed by atoms with E-state index >= 15 is 0 Å². The second-order valence-electron chi connectivity index (χ2n) is 9.33. The number of benzene rings is 1. The van der Waals surface area contributed by atoms with Crippen molar-refractivity contribution in [3.05, 3.63) is 18.2 Å². The minimum atomic E-state index is -0.534.